The molecule has 9 heteroatoms. The summed E-state index contributed by atoms with van der Waals surface area (Å²) in [6, 6.07) is 4.43. The van der Waals surface area contributed by atoms with Crippen molar-refractivity contribution in [2.24, 2.45) is 7.05 Å². The Kier molecular flexibility index (Phi) is 5.17. The van der Waals surface area contributed by atoms with Crippen LogP contribution in [-0.2, 0) is 18.3 Å². The molecule has 0 atom stereocenters. The Bertz CT molecular complexity index is 813. The molecule has 1 fully saturated rings. The van der Waals surface area contributed by atoms with E-state index in [2.05, 4.69) is 5.10 Å². The number of carbonyl (C=O) groups is 1. The molecule has 1 saturated heterocycles. The molecule has 0 aliphatic carbocycles. The van der Waals surface area contributed by atoms with Gasteiger partial charge in [-0.1, -0.05) is 0 Å². The molecule has 0 spiro atoms. The number of carbonyl (C=O) groups excluding carboxylic acids is 1. The fourth-order valence-corrected chi connectivity index (χ4v) is 2.99. The predicted octanol–water partition coefficient (Wildman–Crippen LogP) is 1.44. The van der Waals surface area contributed by atoms with E-state index in [0.29, 0.717) is 44.1 Å². The number of amides is 1. The molecule has 2 heterocycles. The topological polar surface area (TPSA) is 93.7 Å². The van der Waals surface area contributed by atoms with E-state index in [9.17, 15) is 14.9 Å². The number of nitro benzene ring substituents is 1. The molecule has 2 aromatic rings. The summed E-state index contributed by atoms with van der Waals surface area (Å²) in [5.41, 5.74) is 1.82. The molecule has 0 N–H and O–H groups in total. The van der Waals surface area contributed by atoms with Crippen LogP contribution in [0.15, 0.2) is 30.6 Å². The monoisotopic (exact) mass is 359 g/mol. The quantitative estimate of drug-likeness (QED) is 0.592. The van der Waals surface area contributed by atoms with Crippen molar-refractivity contribution in [3.8, 4) is 0 Å². The minimum absolute atomic E-state index is 0.0971. The highest BCUT2D eigenvalue weighted by molar-refractivity contribution is 6.00. The van der Waals surface area contributed by atoms with Gasteiger partial charge in [0.1, 0.15) is 0 Å². The van der Waals surface area contributed by atoms with E-state index in [-0.39, 0.29) is 11.6 Å². The number of ether oxygens (including phenoxy) is 1. The maximum Gasteiger partial charge on any atom is 0.270 e. The average molecular weight is 359 g/mol. The SMILES string of the molecule is CN(Cc1cnn(C)c1)C(=O)c1cc([N+](=O)[O-])ccc1N1CCOCC1. The van der Waals surface area contributed by atoms with E-state index >= 15 is 0 Å². The van der Waals surface area contributed by atoms with Crippen LogP contribution in [0.2, 0.25) is 0 Å². The maximum absolute atomic E-state index is 13.0. The first kappa shape index (κ1) is 17.9. The van der Waals surface area contributed by atoms with Crippen molar-refractivity contribution in [1.82, 2.24) is 14.7 Å². The summed E-state index contributed by atoms with van der Waals surface area (Å²) >= 11 is 0. The first-order chi connectivity index (χ1) is 12.5. The lowest BCUT2D eigenvalue weighted by Crippen LogP contribution is -2.38. The Hall–Kier alpha value is -2.94. The van der Waals surface area contributed by atoms with Crippen LogP contribution in [-0.4, -0.2) is 58.9 Å². The van der Waals surface area contributed by atoms with Crippen LogP contribution in [0.25, 0.3) is 0 Å². The van der Waals surface area contributed by atoms with E-state index in [0.717, 1.165) is 5.56 Å². The van der Waals surface area contributed by atoms with Crippen molar-refractivity contribution in [2.45, 2.75) is 6.54 Å². The Balaban J connectivity index is 1.90. The van der Waals surface area contributed by atoms with E-state index < -0.39 is 4.92 Å². The van der Waals surface area contributed by atoms with Gasteiger partial charge in [0.05, 0.1) is 35.6 Å². The first-order valence-electron chi connectivity index (χ1n) is 8.30. The Labute approximate surface area is 150 Å². The summed E-state index contributed by atoms with van der Waals surface area (Å²) in [6.45, 7) is 2.79. The lowest BCUT2D eigenvalue weighted by Gasteiger charge is -2.31. The van der Waals surface area contributed by atoms with Crippen molar-refractivity contribution >= 4 is 17.3 Å². The molecule has 1 aliphatic heterocycles. The maximum atomic E-state index is 13.0. The van der Waals surface area contributed by atoms with Gasteiger partial charge >= 0.3 is 0 Å². The van der Waals surface area contributed by atoms with Crippen LogP contribution < -0.4 is 4.90 Å². The normalized spacial score (nSPS) is 14.3. The summed E-state index contributed by atoms with van der Waals surface area (Å²) in [6.07, 6.45) is 3.53. The lowest BCUT2D eigenvalue weighted by atomic mass is 10.1. The van der Waals surface area contributed by atoms with Gasteiger partial charge in [-0.3, -0.25) is 19.6 Å². The van der Waals surface area contributed by atoms with E-state index in [1.165, 1.54) is 12.1 Å². The zero-order valence-electron chi connectivity index (χ0n) is 14.8. The molecule has 1 amide bonds. The van der Waals surface area contributed by atoms with E-state index in [4.69, 9.17) is 4.74 Å². The van der Waals surface area contributed by atoms with Crippen LogP contribution in [0, 0.1) is 10.1 Å². The fraction of sp³-hybridized carbons (Fsp3) is 0.412. The van der Waals surface area contributed by atoms with Crippen LogP contribution in [0.3, 0.4) is 0 Å². The number of hydrogen-bond donors (Lipinski definition) is 0. The Morgan fingerprint density at radius 3 is 2.73 bits per heavy atom. The summed E-state index contributed by atoms with van der Waals surface area (Å²) < 4.78 is 7.02. The Morgan fingerprint density at radius 2 is 2.12 bits per heavy atom. The molecule has 138 valence electrons. The number of morpholine rings is 1. The zero-order valence-corrected chi connectivity index (χ0v) is 14.8. The lowest BCUT2D eigenvalue weighted by molar-refractivity contribution is -0.384. The second-order valence-electron chi connectivity index (χ2n) is 6.24. The number of hydrogen-bond acceptors (Lipinski definition) is 6. The number of nitro groups is 1. The Morgan fingerprint density at radius 1 is 1.38 bits per heavy atom. The molecule has 0 saturated carbocycles. The highest BCUT2D eigenvalue weighted by Gasteiger charge is 2.24. The van der Waals surface area contributed by atoms with Crippen molar-refractivity contribution in [1.29, 1.82) is 0 Å². The predicted molar refractivity (Wildman–Crippen MR) is 95.1 cm³/mol. The van der Waals surface area contributed by atoms with Gasteiger partial charge in [0, 0.05) is 57.6 Å². The van der Waals surface area contributed by atoms with Crippen LogP contribution in [0.1, 0.15) is 15.9 Å². The van der Waals surface area contributed by atoms with Gasteiger partial charge in [-0.2, -0.15) is 5.10 Å². The second kappa shape index (κ2) is 7.52. The number of aromatic nitrogens is 2. The molecule has 9 nitrogen and oxygen atoms in total. The smallest absolute Gasteiger partial charge is 0.270 e. The van der Waals surface area contributed by atoms with E-state index in [1.807, 2.05) is 18.1 Å². The van der Waals surface area contributed by atoms with E-state index in [1.54, 1.807) is 28.9 Å². The van der Waals surface area contributed by atoms with Crippen LogP contribution in [0.5, 0.6) is 0 Å². The van der Waals surface area contributed by atoms with Gasteiger partial charge < -0.3 is 14.5 Å². The highest BCUT2D eigenvalue weighted by atomic mass is 16.6. The molecule has 1 aromatic heterocycles. The number of nitrogens with zero attached hydrogens (tertiary/aromatic N) is 5. The summed E-state index contributed by atoms with van der Waals surface area (Å²) in [5, 5.41) is 15.3. The number of aryl methyl sites for hydroxylation is 1. The van der Waals surface area contributed by atoms with Gasteiger partial charge in [0.25, 0.3) is 11.6 Å². The van der Waals surface area contributed by atoms with Crippen LogP contribution >= 0.6 is 0 Å². The third-order valence-corrected chi connectivity index (χ3v) is 4.30. The van der Waals surface area contributed by atoms with Gasteiger partial charge in [0.2, 0.25) is 0 Å². The molecule has 26 heavy (non-hydrogen) atoms. The van der Waals surface area contributed by atoms with Crippen molar-refractivity contribution < 1.29 is 14.5 Å². The first-order valence-corrected chi connectivity index (χ1v) is 8.30. The standard InChI is InChI=1S/C17H21N5O4/c1-19(11-13-10-18-20(2)12-13)17(23)15-9-14(22(24)25)3-4-16(15)21-5-7-26-8-6-21/h3-4,9-10,12H,5-8,11H2,1-2H3. The second-order valence-corrected chi connectivity index (χ2v) is 6.24. The molecule has 3 rings (SSSR count). The largest absolute Gasteiger partial charge is 0.378 e. The average Bonchev–Trinajstić information content (AvgIpc) is 3.06. The van der Waals surface area contributed by atoms with Gasteiger partial charge in [-0.05, 0) is 6.07 Å². The summed E-state index contributed by atoms with van der Waals surface area (Å²) in [7, 11) is 3.49. The molecule has 0 bridgehead atoms. The molecular weight excluding hydrogens is 338 g/mol. The molecule has 0 unspecified atom stereocenters. The van der Waals surface area contributed by atoms with Gasteiger partial charge in [-0.25, -0.2) is 0 Å². The minimum Gasteiger partial charge on any atom is -0.378 e. The summed E-state index contributed by atoms with van der Waals surface area (Å²) in [4.78, 5) is 27.3. The van der Waals surface area contributed by atoms with Gasteiger partial charge in [-0.15, -0.1) is 0 Å². The third-order valence-electron chi connectivity index (χ3n) is 4.30. The number of benzene rings is 1. The fourth-order valence-electron chi connectivity index (χ4n) is 2.99. The van der Waals surface area contributed by atoms with Crippen LogP contribution in [0.4, 0.5) is 11.4 Å². The molecule has 1 aliphatic rings. The highest BCUT2D eigenvalue weighted by Crippen LogP contribution is 2.27. The number of non-ortho nitro benzene ring substituents is 1. The van der Waals surface area contributed by atoms with Gasteiger partial charge in [0.15, 0.2) is 0 Å². The minimum atomic E-state index is -0.485. The summed E-state index contributed by atoms with van der Waals surface area (Å²) in [5.74, 6) is -0.265. The van der Waals surface area contributed by atoms with Crippen molar-refractivity contribution in [3.63, 3.8) is 0 Å². The zero-order chi connectivity index (χ0) is 18.7. The van der Waals surface area contributed by atoms with Crippen molar-refractivity contribution in [3.05, 3.63) is 51.8 Å². The molecular formula is C17H21N5O4. The van der Waals surface area contributed by atoms with Crippen molar-refractivity contribution in [2.75, 3.05) is 38.3 Å². The molecule has 0 radical (unpaired) electrons. The molecule has 1 aromatic carbocycles. The number of rotatable bonds is 5. The number of anilines is 1. The third kappa shape index (κ3) is 3.83.